The molecule has 0 aromatic rings. The van der Waals surface area contributed by atoms with Gasteiger partial charge in [-0.2, -0.15) is 0 Å². The lowest BCUT2D eigenvalue weighted by atomic mass is 9.53. The highest BCUT2D eigenvalue weighted by molar-refractivity contribution is 5.87. The van der Waals surface area contributed by atoms with E-state index in [0.29, 0.717) is 6.42 Å². The van der Waals surface area contributed by atoms with E-state index in [9.17, 15) is 9.59 Å². The highest BCUT2D eigenvalue weighted by Gasteiger charge is 2.53. The maximum Gasteiger partial charge on any atom is 0.222 e. The SMILES string of the molecule is CC(=O)C1CC(C(=O)N=[N+]=[N-])C1(C)C. The summed E-state index contributed by atoms with van der Waals surface area (Å²) >= 11 is 0. The standard InChI is InChI=1S/C9H13N3O2/c1-5(13)6-4-7(9(6,2)3)8(14)11-12-10/h6-7H,4H2,1-3H3. The monoisotopic (exact) mass is 195 g/mol. The fraction of sp³-hybridized carbons (Fsp3) is 0.778. The van der Waals surface area contributed by atoms with Crippen LogP contribution >= 0.6 is 0 Å². The summed E-state index contributed by atoms with van der Waals surface area (Å²) in [6.45, 7) is 5.25. The van der Waals surface area contributed by atoms with Gasteiger partial charge in [-0.25, -0.2) is 0 Å². The molecule has 5 nitrogen and oxygen atoms in total. The topological polar surface area (TPSA) is 82.9 Å². The average Bonchev–Trinajstić information content (AvgIpc) is 2.02. The van der Waals surface area contributed by atoms with Gasteiger partial charge in [-0.3, -0.25) is 9.59 Å². The van der Waals surface area contributed by atoms with Crippen LogP contribution in [0.3, 0.4) is 0 Å². The van der Waals surface area contributed by atoms with Crippen LogP contribution in [0.5, 0.6) is 0 Å². The van der Waals surface area contributed by atoms with Gasteiger partial charge in [0.05, 0.1) is 0 Å². The van der Waals surface area contributed by atoms with E-state index in [2.05, 4.69) is 10.0 Å². The molecule has 0 aromatic carbocycles. The fourth-order valence-corrected chi connectivity index (χ4v) is 2.15. The lowest BCUT2D eigenvalue weighted by Gasteiger charge is -2.49. The molecule has 1 rings (SSSR count). The number of ketones is 1. The van der Waals surface area contributed by atoms with Crippen molar-refractivity contribution in [1.82, 2.24) is 0 Å². The molecule has 1 amide bonds. The van der Waals surface area contributed by atoms with Crippen LogP contribution in [-0.2, 0) is 9.59 Å². The molecule has 1 aliphatic rings. The van der Waals surface area contributed by atoms with E-state index >= 15 is 0 Å². The van der Waals surface area contributed by atoms with E-state index in [0.717, 1.165) is 0 Å². The third-order valence-electron chi connectivity index (χ3n) is 3.20. The van der Waals surface area contributed by atoms with Gasteiger partial charge < -0.3 is 0 Å². The third kappa shape index (κ3) is 1.51. The molecule has 0 bridgehead atoms. The number of hydrogen-bond donors (Lipinski definition) is 0. The molecule has 0 heterocycles. The van der Waals surface area contributed by atoms with Crippen molar-refractivity contribution in [3.8, 4) is 0 Å². The maximum atomic E-state index is 11.3. The van der Waals surface area contributed by atoms with Crippen LogP contribution in [0.15, 0.2) is 5.11 Å². The number of rotatable bonds is 2. The Balaban J connectivity index is 2.77. The third-order valence-corrected chi connectivity index (χ3v) is 3.20. The van der Waals surface area contributed by atoms with Crippen molar-refractivity contribution in [1.29, 1.82) is 0 Å². The average molecular weight is 195 g/mol. The van der Waals surface area contributed by atoms with Crippen molar-refractivity contribution in [2.45, 2.75) is 27.2 Å². The predicted molar refractivity (Wildman–Crippen MR) is 50.2 cm³/mol. The minimum absolute atomic E-state index is 0.0784. The number of carbonyl (C=O) groups excluding carboxylic acids is 2. The van der Waals surface area contributed by atoms with Crippen LogP contribution in [0.4, 0.5) is 0 Å². The van der Waals surface area contributed by atoms with Gasteiger partial charge in [0.15, 0.2) is 0 Å². The minimum atomic E-state index is -0.449. The molecule has 0 aliphatic heterocycles. The lowest BCUT2D eigenvalue weighted by molar-refractivity contribution is -0.146. The first-order valence-electron chi connectivity index (χ1n) is 4.50. The molecule has 2 atom stereocenters. The first-order chi connectivity index (χ1) is 6.41. The van der Waals surface area contributed by atoms with E-state index in [-0.39, 0.29) is 23.0 Å². The van der Waals surface area contributed by atoms with Crippen LogP contribution in [0.25, 0.3) is 10.4 Å². The summed E-state index contributed by atoms with van der Waals surface area (Å²) in [5.74, 6) is -0.729. The number of nitrogens with zero attached hydrogens (tertiary/aromatic N) is 3. The van der Waals surface area contributed by atoms with Crippen LogP contribution in [0, 0.1) is 17.3 Å². The Morgan fingerprint density at radius 3 is 2.36 bits per heavy atom. The molecule has 0 radical (unpaired) electrons. The molecular formula is C9H13N3O2. The van der Waals surface area contributed by atoms with Crippen LogP contribution in [-0.4, -0.2) is 11.7 Å². The van der Waals surface area contributed by atoms with Crippen molar-refractivity contribution in [3.05, 3.63) is 10.4 Å². The van der Waals surface area contributed by atoms with E-state index in [4.69, 9.17) is 5.53 Å². The first-order valence-corrected chi connectivity index (χ1v) is 4.50. The normalized spacial score (nSPS) is 28.5. The van der Waals surface area contributed by atoms with Gasteiger partial charge in [-0.1, -0.05) is 13.8 Å². The summed E-state index contributed by atoms with van der Waals surface area (Å²) in [5.41, 5.74) is 7.76. The van der Waals surface area contributed by atoms with Crippen LogP contribution < -0.4 is 0 Å². The number of hydrogen-bond acceptors (Lipinski definition) is 2. The second-order valence-corrected chi connectivity index (χ2v) is 4.30. The Morgan fingerprint density at radius 2 is 2.00 bits per heavy atom. The molecule has 1 fully saturated rings. The van der Waals surface area contributed by atoms with Gasteiger partial charge in [-0.15, -0.1) is 0 Å². The van der Waals surface area contributed by atoms with Crippen molar-refractivity contribution in [2.75, 3.05) is 0 Å². The molecule has 1 saturated carbocycles. The Bertz CT molecular complexity index is 329. The van der Waals surface area contributed by atoms with Crippen LogP contribution in [0.1, 0.15) is 27.2 Å². The molecule has 1 aliphatic carbocycles. The fourth-order valence-electron chi connectivity index (χ4n) is 2.15. The summed E-state index contributed by atoms with van der Waals surface area (Å²) in [5, 5.41) is 3.07. The zero-order chi connectivity index (χ0) is 10.9. The van der Waals surface area contributed by atoms with Crippen molar-refractivity contribution in [2.24, 2.45) is 22.4 Å². The molecule has 14 heavy (non-hydrogen) atoms. The molecule has 0 spiro atoms. The van der Waals surface area contributed by atoms with E-state index in [1.54, 1.807) is 0 Å². The number of Topliss-reactive ketones (excluding diaryl/α,β-unsaturated/α-hetero) is 1. The van der Waals surface area contributed by atoms with Crippen molar-refractivity contribution >= 4 is 11.7 Å². The first kappa shape index (κ1) is 10.7. The number of azide groups is 1. The van der Waals surface area contributed by atoms with E-state index in [1.165, 1.54) is 6.92 Å². The Kier molecular flexibility index (Phi) is 2.62. The van der Waals surface area contributed by atoms with E-state index < -0.39 is 5.91 Å². The highest BCUT2D eigenvalue weighted by Crippen LogP contribution is 2.52. The van der Waals surface area contributed by atoms with Crippen molar-refractivity contribution in [3.63, 3.8) is 0 Å². The van der Waals surface area contributed by atoms with Gasteiger partial charge in [0.1, 0.15) is 5.78 Å². The molecule has 5 heteroatoms. The molecular weight excluding hydrogens is 182 g/mol. The number of amides is 1. The second kappa shape index (κ2) is 3.42. The van der Waals surface area contributed by atoms with Crippen molar-refractivity contribution < 1.29 is 9.59 Å². The smallest absolute Gasteiger partial charge is 0.222 e. The largest absolute Gasteiger partial charge is 0.300 e. The van der Waals surface area contributed by atoms with Gasteiger partial charge >= 0.3 is 0 Å². The Morgan fingerprint density at radius 1 is 1.43 bits per heavy atom. The molecule has 0 saturated heterocycles. The summed E-state index contributed by atoms with van der Waals surface area (Å²) in [6.07, 6.45) is 0.514. The highest BCUT2D eigenvalue weighted by atomic mass is 16.2. The van der Waals surface area contributed by atoms with E-state index in [1.807, 2.05) is 13.8 Å². The summed E-state index contributed by atoms with van der Waals surface area (Å²) < 4.78 is 0. The van der Waals surface area contributed by atoms with Crippen LogP contribution in [0.2, 0.25) is 0 Å². The lowest BCUT2D eigenvalue weighted by Crippen LogP contribution is -2.51. The molecule has 0 N–H and O–H groups in total. The zero-order valence-corrected chi connectivity index (χ0v) is 8.52. The number of carbonyl (C=O) groups is 2. The quantitative estimate of drug-likeness (QED) is 0.384. The summed E-state index contributed by atoms with van der Waals surface area (Å²) in [4.78, 5) is 24.9. The minimum Gasteiger partial charge on any atom is -0.300 e. The Labute approximate surface area is 82.1 Å². The Hall–Kier alpha value is -1.35. The molecule has 2 unspecified atom stereocenters. The maximum absolute atomic E-state index is 11.3. The zero-order valence-electron chi connectivity index (χ0n) is 8.52. The predicted octanol–water partition coefficient (Wildman–Crippen LogP) is 2.07. The van der Waals surface area contributed by atoms with Gasteiger partial charge in [0, 0.05) is 16.7 Å². The summed E-state index contributed by atoms with van der Waals surface area (Å²) in [6, 6.07) is 0. The van der Waals surface area contributed by atoms with Gasteiger partial charge in [-0.05, 0) is 29.4 Å². The second-order valence-electron chi connectivity index (χ2n) is 4.30. The van der Waals surface area contributed by atoms with Gasteiger partial charge in [0.2, 0.25) is 5.91 Å². The summed E-state index contributed by atoms with van der Waals surface area (Å²) in [7, 11) is 0. The van der Waals surface area contributed by atoms with Gasteiger partial charge in [0.25, 0.3) is 0 Å². The molecule has 0 aromatic heterocycles. The molecule has 76 valence electrons.